The van der Waals surface area contributed by atoms with Crippen LogP contribution in [0, 0.1) is 5.41 Å². The Labute approximate surface area is 117 Å². The Morgan fingerprint density at radius 2 is 2.21 bits per heavy atom. The van der Waals surface area contributed by atoms with Crippen molar-refractivity contribution < 1.29 is 0 Å². The highest BCUT2D eigenvalue weighted by molar-refractivity contribution is 7.11. The Kier molecular flexibility index (Phi) is 3.11. The molecule has 3 rings (SSSR count). The van der Waals surface area contributed by atoms with E-state index in [9.17, 15) is 0 Å². The van der Waals surface area contributed by atoms with Gasteiger partial charge in [-0.3, -0.25) is 5.41 Å². The summed E-state index contributed by atoms with van der Waals surface area (Å²) < 4.78 is 0. The van der Waals surface area contributed by atoms with Crippen molar-refractivity contribution in [3.05, 3.63) is 51.5 Å². The van der Waals surface area contributed by atoms with E-state index in [-0.39, 0.29) is 6.04 Å². The second-order valence-electron chi connectivity index (χ2n) is 4.83. The van der Waals surface area contributed by atoms with Crippen LogP contribution >= 0.6 is 11.3 Å². The van der Waals surface area contributed by atoms with Gasteiger partial charge in [-0.2, -0.15) is 0 Å². The van der Waals surface area contributed by atoms with E-state index in [1.807, 2.05) is 24.4 Å². The molecule has 0 radical (unpaired) electrons. The molecule has 0 amide bonds. The summed E-state index contributed by atoms with van der Waals surface area (Å²) in [5.41, 5.74) is 2.30. The summed E-state index contributed by atoms with van der Waals surface area (Å²) in [6, 6.07) is 8.35. The molecule has 98 valence electrons. The molecule has 1 N–H and O–H groups in total. The predicted octanol–water partition coefficient (Wildman–Crippen LogP) is 3.61. The molecule has 1 aromatic heterocycles. The summed E-state index contributed by atoms with van der Waals surface area (Å²) in [5, 5.41) is 9.43. The number of aromatic nitrogens is 1. The van der Waals surface area contributed by atoms with Crippen LogP contribution in [0.25, 0.3) is 0 Å². The molecule has 0 aliphatic carbocycles. The lowest BCUT2D eigenvalue weighted by molar-refractivity contribution is 0.340. The third kappa shape index (κ3) is 2.06. The normalized spacial score (nSPS) is 15.7. The fraction of sp³-hybridized carbons (Fsp3) is 0.333. The maximum Gasteiger partial charge on any atom is 0.129 e. The van der Waals surface area contributed by atoms with Crippen LogP contribution in [0.2, 0.25) is 0 Å². The molecule has 0 bridgehead atoms. The van der Waals surface area contributed by atoms with Crippen molar-refractivity contribution in [2.24, 2.45) is 0 Å². The predicted molar refractivity (Wildman–Crippen MR) is 78.7 cm³/mol. The maximum atomic E-state index is 8.32. The van der Waals surface area contributed by atoms with Crippen molar-refractivity contribution in [3.63, 3.8) is 0 Å². The van der Waals surface area contributed by atoms with Gasteiger partial charge in [0.25, 0.3) is 0 Å². The van der Waals surface area contributed by atoms with Gasteiger partial charge in [-0.05, 0) is 18.9 Å². The molecule has 19 heavy (non-hydrogen) atoms. The number of fused-ring (bicyclic) bond motifs is 1. The van der Waals surface area contributed by atoms with Crippen LogP contribution in [0.15, 0.2) is 30.5 Å². The molecule has 0 saturated heterocycles. The van der Waals surface area contributed by atoms with Crippen molar-refractivity contribution in [2.75, 3.05) is 0 Å². The quantitative estimate of drug-likeness (QED) is 0.926. The third-order valence-corrected chi connectivity index (χ3v) is 4.96. The van der Waals surface area contributed by atoms with Crippen molar-refractivity contribution in [3.8, 4) is 0 Å². The van der Waals surface area contributed by atoms with Crippen LogP contribution in [0.5, 0.6) is 0 Å². The van der Waals surface area contributed by atoms with Gasteiger partial charge in [-0.15, -0.1) is 11.3 Å². The molecule has 1 aliphatic heterocycles. The second-order valence-corrected chi connectivity index (χ2v) is 5.97. The van der Waals surface area contributed by atoms with Gasteiger partial charge in [0.15, 0.2) is 0 Å². The van der Waals surface area contributed by atoms with E-state index in [0.29, 0.717) is 5.84 Å². The zero-order valence-corrected chi connectivity index (χ0v) is 12.0. The number of amidine groups is 1. The molecule has 1 aromatic carbocycles. The molecule has 2 aromatic rings. The summed E-state index contributed by atoms with van der Waals surface area (Å²) in [7, 11) is 0. The first-order valence-corrected chi connectivity index (χ1v) is 7.40. The van der Waals surface area contributed by atoms with Crippen LogP contribution in [0.4, 0.5) is 0 Å². The fourth-order valence-electron chi connectivity index (χ4n) is 2.45. The lowest BCUT2D eigenvalue weighted by atomic mass is 10.1. The van der Waals surface area contributed by atoms with E-state index >= 15 is 0 Å². The highest BCUT2D eigenvalue weighted by Gasteiger charge is 2.29. The van der Waals surface area contributed by atoms with Crippen molar-refractivity contribution in [2.45, 2.75) is 32.9 Å². The topological polar surface area (TPSA) is 40.0 Å². The lowest BCUT2D eigenvalue weighted by Gasteiger charge is -2.24. The van der Waals surface area contributed by atoms with Crippen LogP contribution in [0.1, 0.15) is 40.9 Å². The molecule has 1 aliphatic rings. The molecular weight excluding hydrogens is 254 g/mol. The van der Waals surface area contributed by atoms with Crippen LogP contribution in [-0.4, -0.2) is 15.7 Å². The van der Waals surface area contributed by atoms with Crippen molar-refractivity contribution in [1.82, 2.24) is 9.88 Å². The monoisotopic (exact) mass is 271 g/mol. The smallest absolute Gasteiger partial charge is 0.129 e. The largest absolute Gasteiger partial charge is 0.343 e. The Morgan fingerprint density at radius 1 is 1.42 bits per heavy atom. The summed E-state index contributed by atoms with van der Waals surface area (Å²) in [6.45, 7) is 5.10. The van der Waals surface area contributed by atoms with Gasteiger partial charge in [-0.25, -0.2) is 4.98 Å². The summed E-state index contributed by atoms with van der Waals surface area (Å²) in [6.07, 6.45) is 2.99. The number of nitrogens with one attached hydrogen (secondary N) is 1. The number of nitrogens with zero attached hydrogens (tertiary/aromatic N) is 2. The third-order valence-electron chi connectivity index (χ3n) is 3.65. The van der Waals surface area contributed by atoms with Gasteiger partial charge in [0.1, 0.15) is 10.8 Å². The van der Waals surface area contributed by atoms with Crippen LogP contribution in [0.3, 0.4) is 0 Å². The molecule has 3 nitrogen and oxygen atoms in total. The Morgan fingerprint density at radius 3 is 2.89 bits per heavy atom. The number of rotatable bonds is 3. The molecule has 2 heterocycles. The first-order valence-electron chi connectivity index (χ1n) is 6.58. The van der Waals surface area contributed by atoms with Crippen LogP contribution < -0.4 is 0 Å². The van der Waals surface area contributed by atoms with Gasteiger partial charge < -0.3 is 4.90 Å². The van der Waals surface area contributed by atoms with Gasteiger partial charge >= 0.3 is 0 Å². The average Bonchev–Trinajstić information content (AvgIpc) is 3.04. The Hall–Kier alpha value is -1.68. The fourth-order valence-corrected chi connectivity index (χ4v) is 3.37. The number of benzene rings is 1. The first kappa shape index (κ1) is 12.4. The summed E-state index contributed by atoms with van der Waals surface area (Å²) in [4.78, 5) is 7.95. The molecule has 0 saturated carbocycles. The molecule has 4 heteroatoms. The number of hydrogen-bond acceptors (Lipinski definition) is 3. The van der Waals surface area contributed by atoms with Gasteiger partial charge in [0.2, 0.25) is 0 Å². The minimum atomic E-state index is 0.171. The van der Waals surface area contributed by atoms with Crippen molar-refractivity contribution in [1.29, 1.82) is 5.41 Å². The van der Waals surface area contributed by atoms with E-state index in [1.54, 1.807) is 11.3 Å². The molecule has 1 atom stereocenters. The Bertz CT molecular complexity index is 617. The molecule has 0 spiro atoms. The zero-order chi connectivity index (χ0) is 13.4. The zero-order valence-electron chi connectivity index (χ0n) is 11.2. The number of aryl methyl sites for hydroxylation is 1. The number of hydrogen-bond donors (Lipinski definition) is 1. The SMILES string of the molecule is CCc1cnc(C(C)N2Cc3ccccc3C2=N)s1. The van der Waals surface area contributed by atoms with E-state index in [1.165, 1.54) is 10.4 Å². The van der Waals surface area contributed by atoms with Crippen LogP contribution in [-0.2, 0) is 13.0 Å². The van der Waals surface area contributed by atoms with Gasteiger partial charge in [0.05, 0.1) is 6.04 Å². The van der Waals surface area contributed by atoms with Crippen molar-refractivity contribution >= 4 is 17.2 Å². The van der Waals surface area contributed by atoms with E-state index in [0.717, 1.165) is 23.5 Å². The molecule has 0 fully saturated rings. The molecule has 1 unspecified atom stereocenters. The highest BCUT2D eigenvalue weighted by Crippen LogP contribution is 2.32. The average molecular weight is 271 g/mol. The maximum absolute atomic E-state index is 8.32. The summed E-state index contributed by atoms with van der Waals surface area (Å²) in [5.74, 6) is 0.622. The summed E-state index contributed by atoms with van der Waals surface area (Å²) >= 11 is 1.76. The standard InChI is InChI=1S/C15H17N3S/c1-3-12-8-17-15(19-12)10(2)18-9-11-6-4-5-7-13(11)14(18)16/h4-8,10,16H,3,9H2,1-2H3. The van der Waals surface area contributed by atoms with E-state index < -0.39 is 0 Å². The highest BCUT2D eigenvalue weighted by atomic mass is 32.1. The minimum Gasteiger partial charge on any atom is -0.343 e. The molecular formula is C15H17N3S. The minimum absolute atomic E-state index is 0.171. The number of thiazole rings is 1. The Balaban J connectivity index is 1.87. The second kappa shape index (κ2) is 4.78. The van der Waals surface area contributed by atoms with Gasteiger partial charge in [-0.1, -0.05) is 31.2 Å². The lowest BCUT2D eigenvalue weighted by Crippen LogP contribution is -2.27. The van der Waals surface area contributed by atoms with E-state index in [2.05, 4.69) is 29.8 Å². The first-order chi connectivity index (χ1) is 9.20. The van der Waals surface area contributed by atoms with Gasteiger partial charge in [0, 0.05) is 23.2 Å². The van der Waals surface area contributed by atoms with E-state index in [4.69, 9.17) is 5.41 Å².